The van der Waals surface area contributed by atoms with Gasteiger partial charge in [0.15, 0.2) is 17.5 Å². The fourth-order valence-corrected chi connectivity index (χ4v) is 4.64. The molecule has 0 heterocycles. The molecule has 0 bridgehead atoms. The molecule has 0 fully saturated rings. The van der Waals surface area contributed by atoms with Crippen LogP contribution in [0.25, 0.3) is 0 Å². The number of nitrogens with zero attached hydrogens (tertiary/aromatic N) is 1. The van der Waals surface area contributed by atoms with E-state index in [1.165, 1.54) is 0 Å². The van der Waals surface area contributed by atoms with Crippen LogP contribution in [0.1, 0.15) is 57.8 Å². The van der Waals surface area contributed by atoms with Crippen LogP contribution in [-0.4, -0.2) is 127 Å². The number of aliphatic carboxylic acids is 5. The number of amides is 3. The van der Waals surface area contributed by atoms with Gasteiger partial charge in [-0.15, -0.1) is 0 Å². The topological polar surface area (TPSA) is 398 Å². The van der Waals surface area contributed by atoms with Crippen LogP contribution in [-0.2, 0) is 47.9 Å². The fourth-order valence-electron chi connectivity index (χ4n) is 4.39. The minimum Gasteiger partial charge on any atom is -0.481 e. The quantitative estimate of drug-likeness (QED) is 0.0166. The number of Topliss-reactive ketones (excluding diaryl/α,β-unsaturated/α-hetero) is 2. The van der Waals surface area contributed by atoms with Crippen molar-refractivity contribution >= 4 is 77.7 Å². The molecule has 286 valence electrons. The highest BCUT2D eigenvalue weighted by Gasteiger charge is 2.35. The molecule has 0 aliphatic heterocycles. The molecule has 14 N–H and O–H groups in total. The Morgan fingerprint density at radius 1 is 0.608 bits per heavy atom. The van der Waals surface area contributed by atoms with Crippen molar-refractivity contribution in [1.82, 2.24) is 16.0 Å². The second-order valence-corrected chi connectivity index (χ2v) is 11.6. The van der Waals surface area contributed by atoms with Crippen LogP contribution < -0.4 is 33.2 Å². The van der Waals surface area contributed by atoms with Crippen LogP contribution in [0.4, 0.5) is 0 Å². The van der Waals surface area contributed by atoms with Crippen LogP contribution >= 0.6 is 12.6 Å². The van der Waals surface area contributed by atoms with Crippen molar-refractivity contribution in [2.24, 2.45) is 34.0 Å². The summed E-state index contributed by atoms with van der Waals surface area (Å²) >= 11 is 3.79. The predicted molar refractivity (Wildman–Crippen MR) is 175 cm³/mol. The second-order valence-electron chi connectivity index (χ2n) is 11.2. The number of thiol groups is 1. The van der Waals surface area contributed by atoms with Gasteiger partial charge in [-0.2, -0.15) is 12.6 Å². The summed E-state index contributed by atoms with van der Waals surface area (Å²) in [5, 5.41) is 52.4. The lowest BCUT2D eigenvalue weighted by Gasteiger charge is -2.24. The molecule has 0 saturated heterocycles. The lowest BCUT2D eigenvalue weighted by molar-refractivity contribution is -0.145. The first kappa shape index (κ1) is 45.7. The number of carbonyl (C=O) groups is 10. The first-order chi connectivity index (χ1) is 23.7. The van der Waals surface area contributed by atoms with E-state index >= 15 is 0 Å². The molecule has 0 rings (SSSR count). The molecule has 0 spiro atoms. The molecule has 0 aliphatic rings. The second kappa shape index (κ2) is 23.2. The highest BCUT2D eigenvalue weighted by molar-refractivity contribution is 7.80. The zero-order valence-electron chi connectivity index (χ0n) is 27.2. The number of rotatable bonds is 27. The number of carboxylic acid groups (broad SMARTS) is 5. The Bertz CT molecular complexity index is 1360. The van der Waals surface area contributed by atoms with Gasteiger partial charge in [-0.05, 0) is 19.3 Å². The van der Waals surface area contributed by atoms with Crippen LogP contribution in [0.3, 0.4) is 0 Å². The molecule has 0 unspecified atom stereocenters. The van der Waals surface area contributed by atoms with E-state index < -0.39 is 139 Å². The minimum absolute atomic E-state index is 0.0284. The van der Waals surface area contributed by atoms with Crippen molar-refractivity contribution in [3.63, 3.8) is 0 Å². The van der Waals surface area contributed by atoms with Crippen molar-refractivity contribution in [1.29, 1.82) is 0 Å². The van der Waals surface area contributed by atoms with Crippen molar-refractivity contribution in [2.75, 3.05) is 12.3 Å². The first-order valence-corrected chi connectivity index (χ1v) is 15.8. The molecule has 0 aromatic rings. The van der Waals surface area contributed by atoms with Gasteiger partial charge < -0.3 is 58.7 Å². The summed E-state index contributed by atoms with van der Waals surface area (Å²) < 4.78 is 0. The monoisotopic (exact) mass is 749 g/mol. The normalized spacial score (nSPS) is 14.2. The minimum atomic E-state index is -1.89. The summed E-state index contributed by atoms with van der Waals surface area (Å²) in [6.45, 7) is -0.0630. The van der Waals surface area contributed by atoms with Gasteiger partial charge in [0.05, 0.1) is 37.3 Å². The Kier molecular flexibility index (Phi) is 20.7. The number of carboxylic acids is 5. The van der Waals surface area contributed by atoms with E-state index in [1.54, 1.807) is 0 Å². The van der Waals surface area contributed by atoms with E-state index in [0.29, 0.717) is 0 Å². The Labute approximate surface area is 295 Å². The van der Waals surface area contributed by atoms with E-state index in [4.69, 9.17) is 22.3 Å². The van der Waals surface area contributed by atoms with E-state index in [0.717, 1.165) is 0 Å². The van der Waals surface area contributed by atoms with Gasteiger partial charge in [-0.1, -0.05) is 0 Å². The Morgan fingerprint density at radius 2 is 1.08 bits per heavy atom. The van der Waals surface area contributed by atoms with E-state index in [9.17, 15) is 68.4 Å². The molecule has 0 aromatic heterocycles. The van der Waals surface area contributed by atoms with Crippen molar-refractivity contribution in [3.05, 3.63) is 0 Å². The number of guanidine groups is 1. The zero-order chi connectivity index (χ0) is 39.4. The van der Waals surface area contributed by atoms with Gasteiger partial charge in [0.1, 0.15) is 12.1 Å². The Hall–Kier alpha value is -5.32. The summed E-state index contributed by atoms with van der Waals surface area (Å²) in [6.07, 6.45) is -5.73. The van der Waals surface area contributed by atoms with Crippen molar-refractivity contribution in [3.8, 4) is 0 Å². The molecule has 0 radical (unpaired) electrons. The fraction of sp³-hybridized carbons (Fsp3) is 0.607. The standard InChI is InChI=1S/C28H43N7O15S/c29-14(26(47)48)3-4-20(38)33-15(9-22(41)42)18(36)6-12(2-1-5-32-28(30)31)24(45)34-16(10-23(43)44)19(37)7-13(8-21(39)40)25(46)35-17(11-51)27(49)50/h12-17,51H,1-11,29H2,(H,33,38)(H,34,45)(H,35,46)(H,39,40)(H,41,42)(H,43,44)(H,47,48)(H,49,50)(H4,30,31,32)/t12-,13+,14+,15+,16+,17+/m1/s1. The number of ketones is 2. The van der Waals surface area contributed by atoms with Crippen LogP contribution in [0.5, 0.6) is 0 Å². The van der Waals surface area contributed by atoms with Gasteiger partial charge in [0, 0.05) is 37.5 Å². The maximum absolute atomic E-state index is 13.5. The van der Waals surface area contributed by atoms with Gasteiger partial charge in [-0.3, -0.25) is 48.1 Å². The largest absolute Gasteiger partial charge is 0.481 e. The number of hydrogen-bond acceptors (Lipinski definition) is 13. The zero-order valence-corrected chi connectivity index (χ0v) is 28.1. The van der Waals surface area contributed by atoms with Crippen LogP contribution in [0.2, 0.25) is 0 Å². The lowest BCUT2D eigenvalue weighted by atomic mass is 9.90. The average Bonchev–Trinajstić information content (AvgIpc) is 3.01. The van der Waals surface area contributed by atoms with Crippen molar-refractivity contribution < 1.29 is 73.5 Å². The van der Waals surface area contributed by atoms with E-state index in [-0.39, 0.29) is 31.8 Å². The molecule has 22 nitrogen and oxygen atoms in total. The smallest absolute Gasteiger partial charge is 0.327 e. The molecule has 0 aliphatic carbocycles. The summed E-state index contributed by atoms with van der Waals surface area (Å²) in [5.74, 6) is -16.7. The third kappa shape index (κ3) is 19.5. The summed E-state index contributed by atoms with van der Waals surface area (Å²) in [4.78, 5) is 125. The Morgan fingerprint density at radius 3 is 1.53 bits per heavy atom. The molecule has 0 saturated carbocycles. The number of nitrogens with one attached hydrogen (secondary N) is 3. The average molecular weight is 750 g/mol. The van der Waals surface area contributed by atoms with Crippen LogP contribution in [0, 0.1) is 11.8 Å². The Balaban J connectivity index is 6.25. The molecule has 23 heteroatoms. The van der Waals surface area contributed by atoms with Gasteiger partial charge in [0.25, 0.3) is 0 Å². The molecule has 3 amide bonds. The van der Waals surface area contributed by atoms with Crippen LogP contribution in [0.15, 0.2) is 4.99 Å². The van der Waals surface area contributed by atoms with Crippen molar-refractivity contribution in [2.45, 2.75) is 82.0 Å². The SMILES string of the molecule is NC(N)=NCCC[C@H](CC(=O)[C@H](CC(=O)O)NC(=O)CC[C@H](N)C(=O)O)C(=O)N[C@@H](CC(=O)O)C(=O)C[C@@H](CC(=O)O)C(=O)N[C@@H](CS)C(=O)O. The van der Waals surface area contributed by atoms with Gasteiger partial charge >= 0.3 is 29.8 Å². The number of carbonyl (C=O) groups excluding carboxylic acids is 5. The van der Waals surface area contributed by atoms with Gasteiger partial charge in [0.2, 0.25) is 17.7 Å². The predicted octanol–water partition coefficient (Wildman–Crippen LogP) is -3.72. The number of nitrogens with two attached hydrogens (primary N) is 3. The first-order valence-electron chi connectivity index (χ1n) is 15.2. The highest BCUT2D eigenvalue weighted by Crippen LogP contribution is 2.18. The summed E-state index contributed by atoms with van der Waals surface area (Å²) in [7, 11) is 0. The number of hydrogen-bond donors (Lipinski definition) is 12. The van der Waals surface area contributed by atoms with Gasteiger partial charge in [-0.25, -0.2) is 4.79 Å². The molecule has 6 atom stereocenters. The number of aliphatic imine (C=N–C) groups is 1. The molecular weight excluding hydrogens is 706 g/mol. The summed E-state index contributed by atoms with van der Waals surface area (Å²) in [5.41, 5.74) is 16.0. The molecular formula is C28H43N7O15S. The van der Waals surface area contributed by atoms with E-state index in [2.05, 4.69) is 28.3 Å². The highest BCUT2D eigenvalue weighted by atomic mass is 32.1. The lowest BCUT2D eigenvalue weighted by Crippen LogP contribution is -2.49. The molecule has 0 aromatic carbocycles. The summed E-state index contributed by atoms with van der Waals surface area (Å²) in [6, 6.07) is -6.58. The third-order valence-electron chi connectivity index (χ3n) is 7.05. The molecule has 51 heavy (non-hydrogen) atoms. The van der Waals surface area contributed by atoms with E-state index in [1.807, 2.05) is 5.32 Å². The maximum atomic E-state index is 13.5. The maximum Gasteiger partial charge on any atom is 0.327 e. The third-order valence-corrected chi connectivity index (χ3v) is 7.41.